The van der Waals surface area contributed by atoms with Gasteiger partial charge in [-0.25, -0.2) is 0 Å². The average molecular weight is 305 g/mol. The molecule has 0 aliphatic carbocycles. The lowest BCUT2D eigenvalue weighted by atomic mass is 10.2. The van der Waals surface area contributed by atoms with Crippen molar-refractivity contribution in [1.29, 1.82) is 0 Å². The Labute approximate surface area is 131 Å². The number of hydrogen-bond donors (Lipinski definition) is 2. The van der Waals surface area contributed by atoms with Gasteiger partial charge in [-0.3, -0.25) is 0 Å². The molecule has 2 aromatic rings. The number of rotatable bonds is 7. The Balaban J connectivity index is 1.75. The smallest absolute Gasteiger partial charge is 0.119 e. The van der Waals surface area contributed by atoms with Gasteiger partial charge in [0.05, 0.1) is 6.61 Å². The molecular formula is C17H21ClN2O. The molecule has 0 atom stereocenters. The molecule has 0 radical (unpaired) electrons. The van der Waals surface area contributed by atoms with Crippen molar-refractivity contribution in [3.05, 3.63) is 53.1 Å². The van der Waals surface area contributed by atoms with E-state index in [4.69, 9.17) is 16.3 Å². The Morgan fingerprint density at radius 2 is 1.57 bits per heavy atom. The van der Waals surface area contributed by atoms with Gasteiger partial charge in [-0.1, -0.05) is 17.7 Å². The summed E-state index contributed by atoms with van der Waals surface area (Å²) in [7, 11) is 0. The molecule has 0 bridgehead atoms. The van der Waals surface area contributed by atoms with Gasteiger partial charge < -0.3 is 15.4 Å². The number of aryl methyl sites for hydroxylation is 1. The van der Waals surface area contributed by atoms with Crippen LogP contribution in [0.15, 0.2) is 42.5 Å². The second-order valence-electron chi connectivity index (χ2n) is 4.77. The third-order valence-electron chi connectivity index (χ3n) is 3.12. The van der Waals surface area contributed by atoms with Crippen LogP contribution in [0.25, 0.3) is 0 Å². The molecule has 0 aliphatic heterocycles. The largest absolute Gasteiger partial charge is 0.494 e. The van der Waals surface area contributed by atoms with Crippen LogP contribution >= 0.6 is 11.6 Å². The SMILES string of the molecule is CCOc1ccc(NCCNc2ccc(C)c(Cl)c2)cc1. The summed E-state index contributed by atoms with van der Waals surface area (Å²) < 4.78 is 5.41. The predicted molar refractivity (Wildman–Crippen MR) is 90.8 cm³/mol. The van der Waals surface area contributed by atoms with Crippen LogP contribution in [0.3, 0.4) is 0 Å². The first-order valence-corrected chi connectivity index (χ1v) is 7.53. The molecule has 0 fully saturated rings. The Hall–Kier alpha value is -1.87. The van der Waals surface area contributed by atoms with Crippen molar-refractivity contribution in [3.63, 3.8) is 0 Å². The molecule has 0 aliphatic rings. The summed E-state index contributed by atoms with van der Waals surface area (Å²) >= 11 is 6.10. The van der Waals surface area contributed by atoms with E-state index < -0.39 is 0 Å². The molecule has 0 amide bonds. The highest BCUT2D eigenvalue weighted by Gasteiger charge is 1.98. The van der Waals surface area contributed by atoms with Gasteiger partial charge >= 0.3 is 0 Å². The van der Waals surface area contributed by atoms with Crippen LogP contribution < -0.4 is 15.4 Å². The minimum atomic E-state index is 0.690. The third kappa shape index (κ3) is 4.87. The van der Waals surface area contributed by atoms with Crippen LogP contribution in [-0.4, -0.2) is 19.7 Å². The first-order chi connectivity index (χ1) is 10.2. The van der Waals surface area contributed by atoms with E-state index in [1.54, 1.807) is 0 Å². The topological polar surface area (TPSA) is 33.3 Å². The molecule has 0 unspecified atom stereocenters. The van der Waals surface area contributed by atoms with Crippen LogP contribution in [0.2, 0.25) is 5.02 Å². The fraction of sp³-hybridized carbons (Fsp3) is 0.294. The van der Waals surface area contributed by atoms with Crippen molar-refractivity contribution in [1.82, 2.24) is 0 Å². The molecule has 0 spiro atoms. The third-order valence-corrected chi connectivity index (χ3v) is 3.53. The molecule has 0 saturated heterocycles. The van der Waals surface area contributed by atoms with E-state index in [1.165, 1.54) is 0 Å². The van der Waals surface area contributed by atoms with Gasteiger partial charge in [-0.05, 0) is 55.8 Å². The maximum absolute atomic E-state index is 6.10. The molecule has 0 heterocycles. The highest BCUT2D eigenvalue weighted by Crippen LogP contribution is 2.19. The zero-order valence-electron chi connectivity index (χ0n) is 12.4. The van der Waals surface area contributed by atoms with Gasteiger partial charge in [-0.2, -0.15) is 0 Å². The summed E-state index contributed by atoms with van der Waals surface area (Å²) in [5.74, 6) is 0.899. The van der Waals surface area contributed by atoms with Crippen LogP contribution in [0.1, 0.15) is 12.5 Å². The monoisotopic (exact) mass is 304 g/mol. The summed E-state index contributed by atoms with van der Waals surface area (Å²) in [6.45, 7) is 6.33. The summed E-state index contributed by atoms with van der Waals surface area (Å²) in [6.07, 6.45) is 0. The van der Waals surface area contributed by atoms with Crippen molar-refractivity contribution in [2.45, 2.75) is 13.8 Å². The van der Waals surface area contributed by atoms with E-state index in [1.807, 2.05) is 56.3 Å². The Morgan fingerprint density at radius 3 is 2.19 bits per heavy atom. The minimum absolute atomic E-state index is 0.690. The maximum atomic E-state index is 6.10. The molecule has 0 aromatic heterocycles. The maximum Gasteiger partial charge on any atom is 0.119 e. The molecule has 2 aromatic carbocycles. The molecular weight excluding hydrogens is 284 g/mol. The number of halogens is 1. The minimum Gasteiger partial charge on any atom is -0.494 e. The lowest BCUT2D eigenvalue weighted by Crippen LogP contribution is -2.13. The first kappa shape index (κ1) is 15.5. The zero-order valence-corrected chi connectivity index (χ0v) is 13.2. The lowest BCUT2D eigenvalue weighted by molar-refractivity contribution is 0.340. The Kier molecular flexibility index (Phi) is 5.76. The number of anilines is 2. The second kappa shape index (κ2) is 7.79. The van der Waals surface area contributed by atoms with E-state index in [0.717, 1.165) is 40.8 Å². The van der Waals surface area contributed by atoms with Crippen molar-refractivity contribution < 1.29 is 4.74 Å². The molecule has 3 nitrogen and oxygen atoms in total. The Morgan fingerprint density at radius 1 is 0.952 bits per heavy atom. The van der Waals surface area contributed by atoms with Crippen molar-refractivity contribution in [2.75, 3.05) is 30.3 Å². The second-order valence-corrected chi connectivity index (χ2v) is 5.18. The van der Waals surface area contributed by atoms with Crippen molar-refractivity contribution in [3.8, 4) is 5.75 Å². The molecule has 2 N–H and O–H groups in total. The number of ether oxygens (including phenoxy) is 1. The summed E-state index contributed by atoms with van der Waals surface area (Å²) in [5.41, 5.74) is 3.22. The van der Waals surface area contributed by atoms with E-state index in [0.29, 0.717) is 6.61 Å². The van der Waals surface area contributed by atoms with Crippen LogP contribution in [0, 0.1) is 6.92 Å². The van der Waals surface area contributed by atoms with Gasteiger partial charge in [0.1, 0.15) is 5.75 Å². The highest BCUT2D eigenvalue weighted by atomic mass is 35.5. The van der Waals surface area contributed by atoms with Crippen molar-refractivity contribution >= 4 is 23.0 Å². The quantitative estimate of drug-likeness (QED) is 0.735. The molecule has 21 heavy (non-hydrogen) atoms. The van der Waals surface area contributed by atoms with E-state index in [9.17, 15) is 0 Å². The fourth-order valence-corrected chi connectivity index (χ4v) is 2.13. The summed E-state index contributed by atoms with van der Waals surface area (Å²) in [5, 5.41) is 7.49. The molecule has 0 saturated carbocycles. The average Bonchev–Trinajstić information content (AvgIpc) is 2.49. The van der Waals surface area contributed by atoms with Crippen LogP contribution in [-0.2, 0) is 0 Å². The van der Waals surface area contributed by atoms with Gasteiger partial charge in [-0.15, -0.1) is 0 Å². The highest BCUT2D eigenvalue weighted by molar-refractivity contribution is 6.31. The number of nitrogens with one attached hydrogen (secondary N) is 2. The van der Waals surface area contributed by atoms with Gasteiger partial charge in [0, 0.05) is 29.5 Å². The number of hydrogen-bond acceptors (Lipinski definition) is 3. The predicted octanol–water partition coefficient (Wildman–Crippen LogP) is 4.57. The summed E-state index contributed by atoms with van der Waals surface area (Å²) in [6, 6.07) is 14.0. The van der Waals surface area contributed by atoms with Gasteiger partial charge in [0.2, 0.25) is 0 Å². The zero-order chi connectivity index (χ0) is 15.1. The molecule has 112 valence electrons. The molecule has 4 heteroatoms. The normalized spacial score (nSPS) is 10.2. The fourth-order valence-electron chi connectivity index (χ4n) is 1.95. The molecule has 2 rings (SSSR count). The Bertz CT molecular complexity index is 570. The number of benzene rings is 2. The van der Waals surface area contributed by atoms with Crippen molar-refractivity contribution in [2.24, 2.45) is 0 Å². The van der Waals surface area contributed by atoms with Crippen LogP contribution in [0.5, 0.6) is 5.75 Å². The first-order valence-electron chi connectivity index (χ1n) is 7.16. The van der Waals surface area contributed by atoms with Crippen LogP contribution in [0.4, 0.5) is 11.4 Å². The van der Waals surface area contributed by atoms with E-state index in [-0.39, 0.29) is 0 Å². The van der Waals surface area contributed by atoms with Gasteiger partial charge in [0.25, 0.3) is 0 Å². The van der Waals surface area contributed by atoms with E-state index >= 15 is 0 Å². The summed E-state index contributed by atoms with van der Waals surface area (Å²) in [4.78, 5) is 0. The van der Waals surface area contributed by atoms with Gasteiger partial charge in [0.15, 0.2) is 0 Å². The lowest BCUT2D eigenvalue weighted by Gasteiger charge is -2.10. The standard InChI is InChI=1S/C17H21ClN2O/c1-3-21-16-8-6-14(7-9-16)19-10-11-20-15-5-4-13(2)17(18)12-15/h4-9,12,19-20H,3,10-11H2,1-2H3. The van der Waals surface area contributed by atoms with E-state index in [2.05, 4.69) is 10.6 Å².